The Balaban J connectivity index is 1.62. The highest BCUT2D eigenvalue weighted by atomic mass is 19.4. The topological polar surface area (TPSA) is 41.9 Å². The Hall–Kier alpha value is -2.69. The molecule has 1 aliphatic rings. The molecule has 1 fully saturated rings. The van der Waals surface area contributed by atoms with Gasteiger partial charge in [0.1, 0.15) is 6.61 Å². The highest BCUT2D eigenvalue weighted by molar-refractivity contribution is 5.43. The second kappa shape index (κ2) is 8.99. The Morgan fingerprint density at radius 1 is 1.10 bits per heavy atom. The first-order valence-electron chi connectivity index (χ1n) is 9.61. The summed E-state index contributed by atoms with van der Waals surface area (Å²) in [6, 6.07) is 10.4. The lowest BCUT2D eigenvalue weighted by Crippen LogP contribution is -2.42. The number of likely N-dealkylation sites (tertiary alicyclic amines) is 1. The molecule has 3 rings (SSSR count). The van der Waals surface area contributed by atoms with Gasteiger partial charge in [-0.3, -0.25) is 4.90 Å². The molecule has 0 aliphatic carbocycles. The number of rotatable bonds is 6. The van der Waals surface area contributed by atoms with E-state index in [0.29, 0.717) is 49.5 Å². The lowest BCUT2D eigenvalue weighted by atomic mass is 9.84. The van der Waals surface area contributed by atoms with Gasteiger partial charge in [0.2, 0.25) is 0 Å². The van der Waals surface area contributed by atoms with Gasteiger partial charge in [0.25, 0.3) is 0 Å². The van der Waals surface area contributed by atoms with E-state index in [1.807, 2.05) is 18.2 Å². The molecule has 0 atom stereocenters. The van der Waals surface area contributed by atoms with Crippen molar-refractivity contribution in [3.8, 4) is 23.8 Å². The van der Waals surface area contributed by atoms with Crippen molar-refractivity contribution in [2.24, 2.45) is 0 Å². The average Bonchev–Trinajstić information content (AvgIpc) is 2.74. The van der Waals surface area contributed by atoms with E-state index in [-0.39, 0.29) is 6.61 Å². The van der Waals surface area contributed by atoms with Gasteiger partial charge < -0.3 is 14.6 Å². The van der Waals surface area contributed by atoms with Crippen LogP contribution >= 0.6 is 0 Å². The van der Waals surface area contributed by atoms with Gasteiger partial charge in [-0.25, -0.2) is 0 Å². The zero-order valence-electron chi connectivity index (χ0n) is 16.7. The molecular formula is C23H24F3NO3. The molecule has 0 bridgehead atoms. The highest BCUT2D eigenvalue weighted by Gasteiger charge is 2.35. The van der Waals surface area contributed by atoms with Crippen LogP contribution in [0.4, 0.5) is 13.2 Å². The summed E-state index contributed by atoms with van der Waals surface area (Å²) >= 11 is 0. The number of benzene rings is 2. The third-order valence-electron chi connectivity index (χ3n) is 5.38. The molecule has 160 valence electrons. The standard InChI is InChI=1S/C23H24F3NO3/c1-3-14-30-20-9-4-17(15-21(20)29-2)16-27-12-10-22(28,11-13-27)18-5-7-19(8-6-18)23(24,25)26/h1,4-9,15,28H,10-14,16H2,2H3. The zero-order valence-corrected chi connectivity index (χ0v) is 16.7. The van der Waals surface area contributed by atoms with Gasteiger partial charge >= 0.3 is 6.18 Å². The van der Waals surface area contributed by atoms with Crippen molar-refractivity contribution in [2.45, 2.75) is 31.2 Å². The number of terminal acetylenes is 1. The molecule has 0 unspecified atom stereocenters. The van der Waals surface area contributed by atoms with Crippen LogP contribution in [0.25, 0.3) is 0 Å². The van der Waals surface area contributed by atoms with Gasteiger partial charge in [0.05, 0.1) is 18.3 Å². The predicted octanol–water partition coefficient (Wildman–Crippen LogP) is 4.21. The Kier molecular flexibility index (Phi) is 6.59. The Bertz CT molecular complexity index is 895. The van der Waals surface area contributed by atoms with E-state index in [4.69, 9.17) is 15.9 Å². The van der Waals surface area contributed by atoms with Crippen molar-refractivity contribution in [3.63, 3.8) is 0 Å². The SMILES string of the molecule is C#CCOc1ccc(CN2CCC(O)(c3ccc(C(F)(F)F)cc3)CC2)cc1OC. The average molecular weight is 419 g/mol. The fourth-order valence-corrected chi connectivity index (χ4v) is 3.65. The molecule has 7 heteroatoms. The van der Waals surface area contributed by atoms with E-state index in [0.717, 1.165) is 17.7 Å². The molecular weight excluding hydrogens is 395 g/mol. The number of aliphatic hydroxyl groups is 1. The van der Waals surface area contributed by atoms with Gasteiger partial charge in [-0.1, -0.05) is 24.1 Å². The number of hydrogen-bond donors (Lipinski definition) is 1. The number of alkyl halides is 3. The summed E-state index contributed by atoms with van der Waals surface area (Å²) < 4.78 is 49.1. The lowest BCUT2D eigenvalue weighted by molar-refractivity contribution is -0.137. The molecule has 1 saturated heterocycles. The molecule has 1 heterocycles. The van der Waals surface area contributed by atoms with Gasteiger partial charge in [-0.2, -0.15) is 13.2 Å². The summed E-state index contributed by atoms with van der Waals surface area (Å²) in [5, 5.41) is 11.0. The largest absolute Gasteiger partial charge is 0.493 e. The van der Waals surface area contributed by atoms with Crippen LogP contribution in [-0.2, 0) is 18.3 Å². The molecule has 30 heavy (non-hydrogen) atoms. The quantitative estimate of drug-likeness (QED) is 0.713. The molecule has 0 spiro atoms. The molecule has 0 radical (unpaired) electrons. The van der Waals surface area contributed by atoms with Crippen LogP contribution in [0.15, 0.2) is 42.5 Å². The van der Waals surface area contributed by atoms with E-state index in [9.17, 15) is 18.3 Å². The minimum absolute atomic E-state index is 0.157. The number of methoxy groups -OCH3 is 1. The summed E-state index contributed by atoms with van der Waals surface area (Å²) in [5.74, 6) is 3.59. The third kappa shape index (κ3) is 5.07. The maximum atomic E-state index is 12.8. The summed E-state index contributed by atoms with van der Waals surface area (Å²) in [7, 11) is 1.56. The predicted molar refractivity (Wildman–Crippen MR) is 107 cm³/mol. The van der Waals surface area contributed by atoms with Crippen LogP contribution < -0.4 is 9.47 Å². The molecule has 4 nitrogen and oxygen atoms in total. The van der Waals surface area contributed by atoms with E-state index in [2.05, 4.69) is 10.8 Å². The van der Waals surface area contributed by atoms with Crippen molar-refractivity contribution >= 4 is 0 Å². The maximum Gasteiger partial charge on any atom is 0.416 e. The van der Waals surface area contributed by atoms with Crippen molar-refractivity contribution in [1.29, 1.82) is 0 Å². The van der Waals surface area contributed by atoms with E-state index >= 15 is 0 Å². The summed E-state index contributed by atoms with van der Waals surface area (Å²) in [6.45, 7) is 2.06. The fraction of sp³-hybridized carbons (Fsp3) is 0.391. The van der Waals surface area contributed by atoms with Crippen LogP contribution in [0.2, 0.25) is 0 Å². The van der Waals surface area contributed by atoms with Crippen molar-refractivity contribution < 1.29 is 27.8 Å². The van der Waals surface area contributed by atoms with Crippen molar-refractivity contribution in [2.75, 3.05) is 26.8 Å². The van der Waals surface area contributed by atoms with Crippen molar-refractivity contribution in [1.82, 2.24) is 4.90 Å². The van der Waals surface area contributed by atoms with E-state index < -0.39 is 17.3 Å². The van der Waals surface area contributed by atoms with Crippen LogP contribution in [0, 0.1) is 12.3 Å². The normalized spacial score (nSPS) is 16.7. The number of halogens is 3. The lowest BCUT2D eigenvalue weighted by Gasteiger charge is -2.38. The number of ether oxygens (including phenoxy) is 2. The number of piperidine rings is 1. The molecule has 2 aromatic carbocycles. The number of nitrogens with zero attached hydrogens (tertiary/aromatic N) is 1. The highest BCUT2D eigenvalue weighted by Crippen LogP contribution is 2.36. The maximum absolute atomic E-state index is 12.8. The Labute approximate surface area is 174 Å². The first kappa shape index (κ1) is 22.0. The van der Waals surface area contributed by atoms with Crippen LogP contribution in [0.5, 0.6) is 11.5 Å². The van der Waals surface area contributed by atoms with E-state index in [1.165, 1.54) is 12.1 Å². The molecule has 1 N–H and O–H groups in total. The first-order chi connectivity index (χ1) is 14.2. The molecule has 0 amide bonds. The minimum atomic E-state index is -4.38. The number of hydrogen-bond acceptors (Lipinski definition) is 4. The van der Waals surface area contributed by atoms with Crippen LogP contribution in [-0.4, -0.2) is 36.8 Å². The molecule has 0 saturated carbocycles. The third-order valence-corrected chi connectivity index (χ3v) is 5.38. The first-order valence-corrected chi connectivity index (χ1v) is 9.61. The Morgan fingerprint density at radius 3 is 2.33 bits per heavy atom. The smallest absolute Gasteiger partial charge is 0.416 e. The monoisotopic (exact) mass is 419 g/mol. The van der Waals surface area contributed by atoms with Gasteiger partial charge in [-0.15, -0.1) is 6.42 Å². The molecule has 0 aromatic heterocycles. The van der Waals surface area contributed by atoms with Crippen LogP contribution in [0.1, 0.15) is 29.5 Å². The Morgan fingerprint density at radius 2 is 1.77 bits per heavy atom. The van der Waals surface area contributed by atoms with Gasteiger partial charge in [0.15, 0.2) is 11.5 Å². The van der Waals surface area contributed by atoms with E-state index in [1.54, 1.807) is 7.11 Å². The van der Waals surface area contributed by atoms with Gasteiger partial charge in [0, 0.05) is 19.6 Å². The summed E-state index contributed by atoms with van der Waals surface area (Å²) in [4.78, 5) is 2.19. The zero-order chi connectivity index (χ0) is 21.8. The summed E-state index contributed by atoms with van der Waals surface area (Å²) in [6.07, 6.45) is 1.72. The summed E-state index contributed by atoms with van der Waals surface area (Å²) in [5.41, 5.74) is -0.284. The van der Waals surface area contributed by atoms with Gasteiger partial charge in [-0.05, 0) is 48.2 Å². The molecule has 1 aliphatic heterocycles. The molecule has 2 aromatic rings. The fourth-order valence-electron chi connectivity index (χ4n) is 3.65. The van der Waals surface area contributed by atoms with Crippen molar-refractivity contribution in [3.05, 3.63) is 59.2 Å². The minimum Gasteiger partial charge on any atom is -0.493 e. The van der Waals surface area contributed by atoms with Crippen LogP contribution in [0.3, 0.4) is 0 Å². The second-order valence-electron chi connectivity index (χ2n) is 7.36. The second-order valence-corrected chi connectivity index (χ2v) is 7.36.